The molecule has 1 aliphatic heterocycles. The van der Waals surface area contributed by atoms with Crippen molar-refractivity contribution >= 4 is 6.47 Å². The monoisotopic (exact) mass is 311 g/mol. The molecule has 0 spiro atoms. The van der Waals surface area contributed by atoms with Crippen LogP contribution < -0.4 is 10.1 Å². The maximum atomic E-state index is 12.6. The quantitative estimate of drug-likeness (QED) is 0.868. The van der Waals surface area contributed by atoms with Crippen LogP contribution in [0.25, 0.3) is 0 Å². The Bertz CT molecular complexity index is 423. The molecule has 22 heavy (non-hydrogen) atoms. The minimum absolute atomic E-state index is 0.218. The Balaban J connectivity index is 0.000000295. The Morgan fingerprint density at radius 3 is 2.27 bits per heavy atom. The Hall–Kier alpha value is -1.62. The van der Waals surface area contributed by atoms with Crippen molar-refractivity contribution in [3.05, 3.63) is 30.1 Å². The van der Waals surface area contributed by atoms with Crippen molar-refractivity contribution in [1.29, 1.82) is 0 Å². The van der Waals surface area contributed by atoms with Crippen molar-refractivity contribution in [2.45, 2.75) is 39.2 Å². The molecule has 4 nitrogen and oxygen atoms in total. The fourth-order valence-corrected chi connectivity index (χ4v) is 1.94. The predicted octanol–water partition coefficient (Wildman–Crippen LogP) is 3.16. The summed E-state index contributed by atoms with van der Waals surface area (Å²) in [5.74, 6) is 1.18. The molecule has 0 atom stereocenters. The van der Waals surface area contributed by atoms with E-state index in [1.807, 2.05) is 20.8 Å². The van der Waals surface area contributed by atoms with E-state index in [2.05, 4.69) is 10.1 Å². The summed E-state index contributed by atoms with van der Waals surface area (Å²) in [5.41, 5.74) is -0.318. The third-order valence-corrected chi connectivity index (χ3v) is 3.16. The highest BCUT2D eigenvalue weighted by Gasteiger charge is 2.13. The van der Waals surface area contributed by atoms with Crippen molar-refractivity contribution in [3.63, 3.8) is 0 Å². The van der Waals surface area contributed by atoms with Crippen LogP contribution in [0.4, 0.5) is 4.39 Å². The number of benzene rings is 1. The number of hydrogen-bond donors (Lipinski definition) is 1. The number of halogens is 1. The molecule has 0 amide bonds. The van der Waals surface area contributed by atoms with E-state index in [9.17, 15) is 9.18 Å². The lowest BCUT2D eigenvalue weighted by Crippen LogP contribution is -2.30. The lowest BCUT2D eigenvalue weighted by atomic mass is 9.99. The van der Waals surface area contributed by atoms with Gasteiger partial charge in [0.15, 0.2) is 0 Å². The average Bonchev–Trinajstić information content (AvgIpc) is 2.47. The number of nitrogens with one attached hydrogen (secondary N) is 1. The molecule has 0 aromatic heterocycles. The zero-order valence-electron chi connectivity index (χ0n) is 13.6. The van der Waals surface area contributed by atoms with Gasteiger partial charge in [0.1, 0.15) is 17.2 Å². The normalized spacial score (nSPS) is 15.5. The van der Waals surface area contributed by atoms with Crippen LogP contribution >= 0.6 is 0 Å². The smallest absolute Gasteiger partial charge is 0.293 e. The van der Waals surface area contributed by atoms with Crippen LogP contribution in [0, 0.1) is 11.7 Å². The molecule has 1 heterocycles. The van der Waals surface area contributed by atoms with Gasteiger partial charge in [-0.05, 0) is 76.9 Å². The molecule has 1 aliphatic rings. The molecule has 1 saturated heterocycles. The molecule has 124 valence electrons. The highest BCUT2D eigenvalue weighted by molar-refractivity contribution is 5.37. The van der Waals surface area contributed by atoms with Gasteiger partial charge < -0.3 is 14.8 Å². The summed E-state index contributed by atoms with van der Waals surface area (Å²) in [6, 6.07) is 6.21. The number of hydrogen-bond acceptors (Lipinski definition) is 4. The van der Waals surface area contributed by atoms with E-state index < -0.39 is 0 Å². The Kier molecular flexibility index (Phi) is 7.88. The highest BCUT2D eigenvalue weighted by atomic mass is 19.1. The molecular formula is C17H26FNO3. The van der Waals surface area contributed by atoms with E-state index >= 15 is 0 Å². The summed E-state index contributed by atoms with van der Waals surface area (Å²) in [7, 11) is 0. The molecule has 2 rings (SSSR count). The standard InChI is InChI=1S/C12H16FNO.C5H10O2/c13-11-1-3-12(4-2-11)15-9-10-5-7-14-8-6-10;1-5(2,3)7-4-6/h1-4,10,14H,5-9H2;4H,1-3H3. The molecular weight excluding hydrogens is 285 g/mol. The summed E-state index contributed by atoms with van der Waals surface area (Å²) < 4.78 is 22.8. The van der Waals surface area contributed by atoms with Crippen molar-refractivity contribution in [2.24, 2.45) is 5.92 Å². The van der Waals surface area contributed by atoms with Gasteiger partial charge >= 0.3 is 0 Å². The van der Waals surface area contributed by atoms with Gasteiger partial charge in [-0.2, -0.15) is 0 Å². The van der Waals surface area contributed by atoms with Crippen LogP contribution in [0.15, 0.2) is 24.3 Å². The Morgan fingerprint density at radius 2 is 1.82 bits per heavy atom. The second-order valence-electron chi connectivity index (χ2n) is 6.28. The maximum Gasteiger partial charge on any atom is 0.293 e. The number of ether oxygens (including phenoxy) is 2. The fourth-order valence-electron chi connectivity index (χ4n) is 1.94. The lowest BCUT2D eigenvalue weighted by molar-refractivity contribution is -0.138. The second-order valence-corrected chi connectivity index (χ2v) is 6.28. The first-order chi connectivity index (χ1) is 10.4. The topological polar surface area (TPSA) is 47.6 Å². The van der Waals surface area contributed by atoms with Crippen LogP contribution in [-0.2, 0) is 9.53 Å². The molecule has 0 saturated carbocycles. The molecule has 1 aromatic rings. The van der Waals surface area contributed by atoms with Gasteiger partial charge in [-0.25, -0.2) is 4.39 Å². The van der Waals surface area contributed by atoms with Gasteiger partial charge in [-0.1, -0.05) is 0 Å². The zero-order chi connectivity index (χ0) is 16.4. The molecule has 0 aliphatic carbocycles. The second kappa shape index (κ2) is 9.41. The molecule has 0 bridgehead atoms. The minimum Gasteiger partial charge on any atom is -0.493 e. The first kappa shape index (κ1) is 18.4. The summed E-state index contributed by atoms with van der Waals surface area (Å²) >= 11 is 0. The van der Waals surface area contributed by atoms with Crippen molar-refractivity contribution < 1.29 is 18.7 Å². The van der Waals surface area contributed by atoms with Crippen LogP contribution in [0.2, 0.25) is 0 Å². The third-order valence-electron chi connectivity index (χ3n) is 3.16. The zero-order valence-corrected chi connectivity index (χ0v) is 13.6. The highest BCUT2D eigenvalue weighted by Crippen LogP contribution is 2.16. The molecule has 1 N–H and O–H groups in total. The molecule has 1 aromatic carbocycles. The Morgan fingerprint density at radius 1 is 1.23 bits per heavy atom. The van der Waals surface area contributed by atoms with Gasteiger partial charge in [0, 0.05) is 0 Å². The van der Waals surface area contributed by atoms with Crippen LogP contribution in [-0.4, -0.2) is 31.8 Å². The molecule has 0 radical (unpaired) electrons. The maximum absolute atomic E-state index is 12.6. The number of carbonyl (C=O) groups excluding carboxylic acids is 1. The summed E-state index contributed by atoms with van der Waals surface area (Å²) in [4.78, 5) is 9.60. The van der Waals surface area contributed by atoms with Gasteiger partial charge in [0.2, 0.25) is 0 Å². The van der Waals surface area contributed by atoms with E-state index in [0.29, 0.717) is 12.4 Å². The summed E-state index contributed by atoms with van der Waals surface area (Å²) in [6.45, 7) is 8.83. The van der Waals surface area contributed by atoms with E-state index in [4.69, 9.17) is 4.74 Å². The Labute approximate surface area is 132 Å². The number of rotatable bonds is 4. The molecule has 1 fully saturated rings. The number of carbonyl (C=O) groups is 1. The van der Waals surface area contributed by atoms with E-state index in [1.54, 1.807) is 12.1 Å². The van der Waals surface area contributed by atoms with Crippen LogP contribution in [0.1, 0.15) is 33.6 Å². The largest absolute Gasteiger partial charge is 0.493 e. The van der Waals surface area contributed by atoms with E-state index in [0.717, 1.165) is 25.4 Å². The van der Waals surface area contributed by atoms with E-state index in [-0.39, 0.29) is 11.4 Å². The van der Waals surface area contributed by atoms with Gasteiger partial charge in [0.05, 0.1) is 6.61 Å². The third kappa shape index (κ3) is 8.62. The number of piperidine rings is 1. The van der Waals surface area contributed by atoms with Crippen molar-refractivity contribution in [1.82, 2.24) is 5.32 Å². The summed E-state index contributed by atoms with van der Waals surface area (Å²) in [5, 5.41) is 3.32. The van der Waals surface area contributed by atoms with Gasteiger partial charge in [0.25, 0.3) is 6.47 Å². The fraction of sp³-hybridized carbons (Fsp3) is 0.588. The SMILES string of the molecule is CC(C)(C)OC=O.Fc1ccc(OCC2CCNCC2)cc1. The predicted molar refractivity (Wildman–Crippen MR) is 84.4 cm³/mol. The van der Waals surface area contributed by atoms with Gasteiger partial charge in [-0.15, -0.1) is 0 Å². The average molecular weight is 311 g/mol. The molecule has 0 unspecified atom stereocenters. The van der Waals surface area contributed by atoms with E-state index in [1.165, 1.54) is 25.0 Å². The summed E-state index contributed by atoms with van der Waals surface area (Å²) in [6.07, 6.45) is 2.34. The first-order valence-corrected chi connectivity index (χ1v) is 7.61. The van der Waals surface area contributed by atoms with Crippen molar-refractivity contribution in [3.8, 4) is 5.75 Å². The molecule has 5 heteroatoms. The van der Waals surface area contributed by atoms with Crippen molar-refractivity contribution in [2.75, 3.05) is 19.7 Å². The van der Waals surface area contributed by atoms with Crippen LogP contribution in [0.5, 0.6) is 5.75 Å². The van der Waals surface area contributed by atoms with Gasteiger partial charge in [-0.3, -0.25) is 4.79 Å². The minimum atomic E-state index is -0.318. The lowest BCUT2D eigenvalue weighted by Gasteiger charge is -2.22. The van der Waals surface area contributed by atoms with Crippen LogP contribution in [0.3, 0.4) is 0 Å². The first-order valence-electron chi connectivity index (χ1n) is 7.61.